The smallest absolute Gasteiger partial charge is 0.142 e. The number of nitrogens with one attached hydrogen (secondary N) is 2. The lowest BCUT2D eigenvalue weighted by Crippen LogP contribution is -2.11. The standard InChI is InChI=1S/C11H13NO.C10H15NO.C3H8.C2H6.C2H4/c1-10(7-8-13)9-12-11-5-3-2-4-6-11;1-8(11-2)9-4-6-10(12-3)7-5-9;1-3-2;2*1-2/h2-8,12H,9H2,1H3;4-8,11H,1-3H3;3H2,1-2H3;1-2H3;1-2H2/b10-7+;;;;. The van der Waals surface area contributed by atoms with Gasteiger partial charge in [0.25, 0.3) is 0 Å². The highest BCUT2D eigenvalue weighted by Crippen LogP contribution is 2.16. The Balaban J connectivity index is -0.000000412. The van der Waals surface area contributed by atoms with Crippen LogP contribution in [0, 0.1) is 0 Å². The van der Waals surface area contributed by atoms with Crippen molar-refractivity contribution in [3.05, 3.63) is 85.0 Å². The molecule has 0 aliphatic carbocycles. The van der Waals surface area contributed by atoms with Crippen molar-refractivity contribution in [3.63, 3.8) is 0 Å². The van der Waals surface area contributed by atoms with Crippen LogP contribution < -0.4 is 15.4 Å². The van der Waals surface area contributed by atoms with Crippen molar-refractivity contribution in [1.29, 1.82) is 0 Å². The zero-order chi connectivity index (χ0) is 25.2. The highest BCUT2D eigenvalue weighted by Gasteiger charge is 2.00. The van der Waals surface area contributed by atoms with Crippen molar-refractivity contribution in [2.24, 2.45) is 0 Å². The Morgan fingerprint density at radius 2 is 1.53 bits per heavy atom. The maximum Gasteiger partial charge on any atom is 0.142 e. The van der Waals surface area contributed by atoms with Crippen LogP contribution >= 0.6 is 0 Å². The van der Waals surface area contributed by atoms with E-state index in [1.165, 1.54) is 12.0 Å². The predicted octanol–water partition coefficient (Wildman–Crippen LogP) is 7.46. The number of aldehydes is 1. The first-order chi connectivity index (χ1) is 15.5. The quantitative estimate of drug-likeness (QED) is 0.265. The molecule has 0 aromatic heterocycles. The topological polar surface area (TPSA) is 50.4 Å². The number of anilines is 1. The van der Waals surface area contributed by atoms with Gasteiger partial charge in [-0.2, -0.15) is 0 Å². The summed E-state index contributed by atoms with van der Waals surface area (Å²) in [6.45, 7) is 19.0. The van der Waals surface area contributed by atoms with Gasteiger partial charge in [0.1, 0.15) is 12.0 Å². The maximum atomic E-state index is 10.1. The van der Waals surface area contributed by atoms with Crippen LogP contribution in [0.4, 0.5) is 5.69 Å². The average molecular weight is 443 g/mol. The lowest BCUT2D eigenvalue weighted by molar-refractivity contribution is -0.104. The number of carbonyl (C=O) groups is 1. The van der Waals surface area contributed by atoms with E-state index in [2.05, 4.69) is 56.7 Å². The second-order valence-corrected chi connectivity index (χ2v) is 6.36. The van der Waals surface area contributed by atoms with Gasteiger partial charge in [0.15, 0.2) is 0 Å². The minimum Gasteiger partial charge on any atom is -0.497 e. The first-order valence-electron chi connectivity index (χ1n) is 11.2. The number of methoxy groups -OCH3 is 1. The second kappa shape index (κ2) is 26.2. The molecule has 0 amide bonds. The molecule has 4 heteroatoms. The Bertz CT molecular complexity index is 668. The lowest BCUT2D eigenvalue weighted by atomic mass is 10.1. The fourth-order valence-corrected chi connectivity index (χ4v) is 2.03. The zero-order valence-corrected chi connectivity index (χ0v) is 21.6. The highest BCUT2D eigenvalue weighted by atomic mass is 16.5. The minimum absolute atomic E-state index is 0.399. The van der Waals surface area contributed by atoms with E-state index in [1.807, 2.05) is 70.3 Å². The van der Waals surface area contributed by atoms with Gasteiger partial charge in [-0.25, -0.2) is 0 Å². The average Bonchev–Trinajstić information content (AvgIpc) is 2.86. The molecule has 32 heavy (non-hydrogen) atoms. The summed E-state index contributed by atoms with van der Waals surface area (Å²) >= 11 is 0. The van der Waals surface area contributed by atoms with E-state index in [9.17, 15) is 4.79 Å². The van der Waals surface area contributed by atoms with E-state index in [4.69, 9.17) is 4.74 Å². The van der Waals surface area contributed by atoms with E-state index in [0.29, 0.717) is 12.6 Å². The molecule has 0 saturated carbocycles. The van der Waals surface area contributed by atoms with Crippen molar-refractivity contribution < 1.29 is 9.53 Å². The lowest BCUT2D eigenvalue weighted by Gasteiger charge is -2.10. The molecule has 0 fully saturated rings. The van der Waals surface area contributed by atoms with Gasteiger partial charge < -0.3 is 15.4 Å². The number of hydrogen-bond donors (Lipinski definition) is 2. The van der Waals surface area contributed by atoms with Crippen molar-refractivity contribution in [3.8, 4) is 5.75 Å². The molecule has 2 aromatic carbocycles. The SMILES string of the molecule is C/C(=C\C=O)CNc1ccccc1.C=C.CC.CCC.CNC(C)c1ccc(OC)cc1. The van der Waals surface area contributed by atoms with Gasteiger partial charge in [0.05, 0.1) is 7.11 Å². The molecule has 1 unspecified atom stereocenters. The summed E-state index contributed by atoms with van der Waals surface area (Å²) in [4.78, 5) is 10.1. The molecule has 2 aromatic rings. The monoisotopic (exact) mass is 442 g/mol. The van der Waals surface area contributed by atoms with Crippen LogP contribution in [0.15, 0.2) is 79.4 Å². The molecule has 4 nitrogen and oxygen atoms in total. The fourth-order valence-electron chi connectivity index (χ4n) is 2.03. The largest absolute Gasteiger partial charge is 0.497 e. The van der Waals surface area contributed by atoms with Crippen molar-refractivity contribution in [1.82, 2.24) is 5.32 Å². The number of rotatable bonds is 7. The summed E-state index contributed by atoms with van der Waals surface area (Å²) in [5.41, 5.74) is 3.37. The summed E-state index contributed by atoms with van der Waals surface area (Å²) in [6, 6.07) is 18.4. The van der Waals surface area contributed by atoms with E-state index in [-0.39, 0.29) is 0 Å². The number of para-hydroxylation sites is 1. The first kappa shape index (κ1) is 33.8. The summed E-state index contributed by atoms with van der Waals surface area (Å²) < 4.78 is 5.06. The minimum atomic E-state index is 0.399. The molecular formula is C28H46N2O2. The normalized spacial score (nSPS) is 10.1. The summed E-state index contributed by atoms with van der Waals surface area (Å²) in [7, 11) is 3.63. The van der Waals surface area contributed by atoms with Crippen LogP contribution in [0.2, 0.25) is 0 Å². The van der Waals surface area contributed by atoms with Gasteiger partial charge in [0.2, 0.25) is 0 Å². The van der Waals surface area contributed by atoms with E-state index < -0.39 is 0 Å². The predicted molar refractivity (Wildman–Crippen MR) is 144 cm³/mol. The van der Waals surface area contributed by atoms with Crippen LogP contribution in [0.1, 0.15) is 59.6 Å². The third kappa shape index (κ3) is 19.1. The maximum absolute atomic E-state index is 10.1. The van der Waals surface area contributed by atoms with Crippen LogP contribution in [-0.2, 0) is 4.79 Å². The Labute approximate surface area is 197 Å². The summed E-state index contributed by atoms with van der Waals surface area (Å²) in [5, 5.41) is 6.38. The molecule has 2 N–H and O–H groups in total. The molecule has 0 aliphatic heterocycles. The van der Waals surface area contributed by atoms with Gasteiger partial charge >= 0.3 is 0 Å². The number of carbonyl (C=O) groups excluding carboxylic acids is 1. The molecule has 180 valence electrons. The number of benzene rings is 2. The van der Waals surface area contributed by atoms with Crippen molar-refractivity contribution >= 4 is 12.0 Å². The Morgan fingerprint density at radius 3 is 1.94 bits per heavy atom. The van der Waals surface area contributed by atoms with Crippen molar-refractivity contribution in [2.45, 2.75) is 54.0 Å². The number of allylic oxidation sites excluding steroid dienone is 1. The van der Waals surface area contributed by atoms with Crippen LogP contribution in [0.3, 0.4) is 0 Å². The Hall–Kier alpha value is -2.85. The molecule has 0 bridgehead atoms. The van der Waals surface area contributed by atoms with E-state index in [0.717, 1.165) is 23.3 Å². The molecule has 0 aliphatic rings. The zero-order valence-electron chi connectivity index (χ0n) is 21.6. The summed E-state index contributed by atoms with van der Waals surface area (Å²) in [5.74, 6) is 0.905. The van der Waals surface area contributed by atoms with Gasteiger partial charge in [-0.3, -0.25) is 4.79 Å². The molecule has 0 spiro atoms. The second-order valence-electron chi connectivity index (χ2n) is 6.36. The Kier molecular flexibility index (Phi) is 27.6. The molecule has 0 radical (unpaired) electrons. The first-order valence-corrected chi connectivity index (χ1v) is 11.2. The molecule has 2 rings (SSSR count). The van der Waals surface area contributed by atoms with Gasteiger partial charge in [-0.1, -0.05) is 70.0 Å². The van der Waals surface area contributed by atoms with Crippen LogP contribution in [-0.4, -0.2) is 27.0 Å². The van der Waals surface area contributed by atoms with Crippen molar-refractivity contribution in [2.75, 3.05) is 26.0 Å². The van der Waals surface area contributed by atoms with Gasteiger partial charge in [-0.05, 0) is 56.8 Å². The fraction of sp³-hybridized carbons (Fsp3) is 0.393. The molecular weight excluding hydrogens is 396 g/mol. The third-order valence-electron chi connectivity index (χ3n) is 3.75. The highest BCUT2D eigenvalue weighted by molar-refractivity contribution is 5.66. The third-order valence-corrected chi connectivity index (χ3v) is 3.75. The van der Waals surface area contributed by atoms with E-state index in [1.54, 1.807) is 13.2 Å². The van der Waals surface area contributed by atoms with E-state index >= 15 is 0 Å². The summed E-state index contributed by atoms with van der Waals surface area (Å²) in [6.07, 6.45) is 3.62. The molecule has 0 heterocycles. The Morgan fingerprint density at radius 1 is 1.03 bits per heavy atom. The van der Waals surface area contributed by atoms with Crippen LogP contribution in [0.25, 0.3) is 0 Å². The molecule has 1 atom stereocenters. The van der Waals surface area contributed by atoms with Gasteiger partial charge in [0, 0.05) is 18.3 Å². The van der Waals surface area contributed by atoms with Gasteiger partial charge in [-0.15, -0.1) is 13.2 Å². The number of hydrogen-bond acceptors (Lipinski definition) is 4. The number of ether oxygens (including phenoxy) is 1. The molecule has 0 saturated heterocycles. The van der Waals surface area contributed by atoms with Crippen LogP contribution in [0.5, 0.6) is 5.75 Å².